The molecule has 2 aliphatic heterocycles. The van der Waals surface area contributed by atoms with Crippen LogP contribution in [0.15, 0.2) is 30.6 Å². The van der Waals surface area contributed by atoms with Gasteiger partial charge in [-0.2, -0.15) is 5.10 Å². The molecule has 6 heteroatoms. The van der Waals surface area contributed by atoms with E-state index < -0.39 is 0 Å². The number of aliphatic hydroxyl groups is 1. The van der Waals surface area contributed by atoms with Gasteiger partial charge in [0.2, 0.25) is 0 Å². The van der Waals surface area contributed by atoms with Crippen LogP contribution in [0.5, 0.6) is 0 Å². The number of aliphatic hydroxyl groups excluding tert-OH is 1. The highest BCUT2D eigenvalue weighted by Gasteiger charge is 2.34. The van der Waals surface area contributed by atoms with Gasteiger partial charge in [-0.25, -0.2) is 0 Å². The molecular formula is C18H25ClN4O. The minimum atomic E-state index is 0. The van der Waals surface area contributed by atoms with Gasteiger partial charge in [0.1, 0.15) is 0 Å². The fraction of sp³-hybridized carbons (Fsp3) is 0.500. The molecule has 1 fully saturated rings. The number of aryl methyl sites for hydroxylation is 1. The molecule has 0 unspecified atom stereocenters. The minimum absolute atomic E-state index is 0. The van der Waals surface area contributed by atoms with Crippen LogP contribution < -0.4 is 5.32 Å². The Labute approximate surface area is 149 Å². The van der Waals surface area contributed by atoms with Crippen molar-refractivity contribution in [1.29, 1.82) is 0 Å². The standard InChI is InChI=1S/C18H24N4O.ClH/c1-21-8-15(7-20-21)17-11-22(10-16(17)12-23)9-14-4-2-3-13-5-6-19-18(13)14;/h2-4,7-8,16-17,19,23H,5-6,9-12H2,1H3;1H/t16-,17-;/m0./s1. The van der Waals surface area contributed by atoms with Crippen LogP contribution in [0.2, 0.25) is 0 Å². The third-order valence-electron chi connectivity index (χ3n) is 5.23. The van der Waals surface area contributed by atoms with Gasteiger partial charge in [0.15, 0.2) is 0 Å². The first kappa shape index (κ1) is 17.3. The summed E-state index contributed by atoms with van der Waals surface area (Å²) < 4.78 is 1.85. The first-order valence-corrected chi connectivity index (χ1v) is 8.41. The summed E-state index contributed by atoms with van der Waals surface area (Å²) in [6, 6.07) is 6.61. The molecule has 5 nitrogen and oxygen atoms in total. The van der Waals surface area contributed by atoms with Gasteiger partial charge in [0, 0.05) is 63.6 Å². The van der Waals surface area contributed by atoms with Crippen molar-refractivity contribution in [1.82, 2.24) is 14.7 Å². The average molecular weight is 349 g/mol. The lowest BCUT2D eigenvalue weighted by Gasteiger charge is -2.18. The molecule has 0 amide bonds. The van der Waals surface area contributed by atoms with Crippen molar-refractivity contribution in [3.05, 3.63) is 47.3 Å². The quantitative estimate of drug-likeness (QED) is 0.887. The molecule has 130 valence electrons. The highest BCUT2D eigenvalue weighted by Crippen LogP contribution is 2.34. The second-order valence-electron chi connectivity index (χ2n) is 6.82. The van der Waals surface area contributed by atoms with Crippen molar-refractivity contribution >= 4 is 18.1 Å². The van der Waals surface area contributed by atoms with E-state index in [1.54, 1.807) is 0 Å². The smallest absolute Gasteiger partial charge is 0.0525 e. The summed E-state index contributed by atoms with van der Waals surface area (Å²) in [5, 5.41) is 17.6. The Morgan fingerprint density at radius 2 is 2.21 bits per heavy atom. The van der Waals surface area contributed by atoms with E-state index in [9.17, 15) is 5.11 Å². The van der Waals surface area contributed by atoms with Crippen LogP contribution in [0.1, 0.15) is 22.6 Å². The molecule has 24 heavy (non-hydrogen) atoms. The Kier molecular flexibility index (Phi) is 5.13. The minimum Gasteiger partial charge on any atom is -0.396 e. The van der Waals surface area contributed by atoms with E-state index in [1.807, 2.05) is 17.9 Å². The van der Waals surface area contributed by atoms with Crippen molar-refractivity contribution in [2.24, 2.45) is 13.0 Å². The molecule has 2 aliphatic rings. The maximum atomic E-state index is 9.78. The van der Waals surface area contributed by atoms with Gasteiger partial charge in [-0.1, -0.05) is 18.2 Å². The molecule has 0 radical (unpaired) electrons. The first-order chi connectivity index (χ1) is 11.2. The lowest BCUT2D eigenvalue weighted by molar-refractivity contribution is 0.214. The molecule has 2 aromatic rings. The predicted octanol–water partition coefficient (Wildman–Crippen LogP) is 2.02. The lowest BCUT2D eigenvalue weighted by atomic mass is 9.92. The van der Waals surface area contributed by atoms with Crippen molar-refractivity contribution in [3.8, 4) is 0 Å². The summed E-state index contributed by atoms with van der Waals surface area (Å²) in [7, 11) is 1.95. The topological polar surface area (TPSA) is 53.3 Å². The Hall–Kier alpha value is -1.56. The summed E-state index contributed by atoms with van der Waals surface area (Å²) in [5.74, 6) is 0.669. The summed E-state index contributed by atoms with van der Waals surface area (Å²) in [6.07, 6.45) is 5.15. The second kappa shape index (κ2) is 7.13. The molecule has 3 heterocycles. The van der Waals surface area contributed by atoms with Crippen molar-refractivity contribution in [3.63, 3.8) is 0 Å². The zero-order valence-electron chi connectivity index (χ0n) is 14.0. The summed E-state index contributed by atoms with van der Waals surface area (Å²) in [5.41, 5.74) is 5.39. The van der Waals surface area contributed by atoms with E-state index in [-0.39, 0.29) is 19.0 Å². The number of halogens is 1. The van der Waals surface area contributed by atoms with Crippen molar-refractivity contribution < 1.29 is 5.11 Å². The molecule has 0 bridgehead atoms. The normalized spacial score (nSPS) is 22.9. The fourth-order valence-electron chi connectivity index (χ4n) is 4.07. The summed E-state index contributed by atoms with van der Waals surface area (Å²) >= 11 is 0. The van der Waals surface area contributed by atoms with Crippen LogP contribution in [-0.4, -0.2) is 46.0 Å². The van der Waals surface area contributed by atoms with Crippen LogP contribution in [0, 0.1) is 5.92 Å². The Balaban J connectivity index is 0.00000169. The number of likely N-dealkylation sites (tertiary alicyclic amines) is 1. The molecule has 1 aromatic carbocycles. The number of nitrogens with zero attached hydrogens (tertiary/aromatic N) is 3. The molecule has 0 saturated carbocycles. The van der Waals surface area contributed by atoms with E-state index in [0.717, 1.165) is 32.6 Å². The van der Waals surface area contributed by atoms with Crippen LogP contribution in [-0.2, 0) is 20.0 Å². The van der Waals surface area contributed by atoms with Crippen LogP contribution in [0.25, 0.3) is 0 Å². The Morgan fingerprint density at radius 1 is 1.33 bits per heavy atom. The molecule has 1 aromatic heterocycles. The number of hydrogen-bond acceptors (Lipinski definition) is 4. The maximum Gasteiger partial charge on any atom is 0.0525 e. The zero-order valence-corrected chi connectivity index (χ0v) is 14.8. The second-order valence-corrected chi connectivity index (χ2v) is 6.82. The monoisotopic (exact) mass is 348 g/mol. The molecule has 1 saturated heterocycles. The highest BCUT2D eigenvalue weighted by molar-refractivity contribution is 5.85. The predicted molar refractivity (Wildman–Crippen MR) is 97.7 cm³/mol. The third-order valence-corrected chi connectivity index (χ3v) is 5.23. The maximum absolute atomic E-state index is 9.78. The van der Waals surface area contributed by atoms with Gasteiger partial charge in [-0.05, 0) is 23.1 Å². The van der Waals surface area contributed by atoms with Gasteiger partial charge in [-0.3, -0.25) is 9.58 Å². The molecule has 0 aliphatic carbocycles. The van der Waals surface area contributed by atoms with Gasteiger partial charge in [-0.15, -0.1) is 12.4 Å². The molecular weight excluding hydrogens is 324 g/mol. The Morgan fingerprint density at radius 3 is 2.96 bits per heavy atom. The van der Waals surface area contributed by atoms with Crippen molar-refractivity contribution in [2.45, 2.75) is 18.9 Å². The summed E-state index contributed by atoms with van der Waals surface area (Å²) in [6.45, 7) is 4.16. The average Bonchev–Trinajstić information content (AvgIpc) is 3.26. The van der Waals surface area contributed by atoms with Crippen LogP contribution in [0.3, 0.4) is 0 Å². The van der Waals surface area contributed by atoms with E-state index in [4.69, 9.17) is 0 Å². The van der Waals surface area contributed by atoms with E-state index in [2.05, 4.69) is 39.7 Å². The third kappa shape index (κ3) is 3.16. The van der Waals surface area contributed by atoms with E-state index in [0.29, 0.717) is 11.8 Å². The van der Waals surface area contributed by atoms with Gasteiger partial charge < -0.3 is 10.4 Å². The Bertz CT molecular complexity index is 702. The lowest BCUT2D eigenvalue weighted by Crippen LogP contribution is -2.21. The van der Waals surface area contributed by atoms with Gasteiger partial charge in [0.05, 0.1) is 6.20 Å². The largest absolute Gasteiger partial charge is 0.396 e. The number of anilines is 1. The number of fused-ring (bicyclic) bond motifs is 1. The number of aromatic nitrogens is 2. The van der Waals surface area contributed by atoms with Crippen molar-refractivity contribution in [2.75, 3.05) is 31.6 Å². The SMILES string of the molecule is Cl.Cn1cc([C@@H]2CN(Cc3cccc4c3NCC4)C[C@H]2CO)cn1. The highest BCUT2D eigenvalue weighted by atomic mass is 35.5. The molecule has 0 spiro atoms. The first-order valence-electron chi connectivity index (χ1n) is 8.41. The number of para-hydroxylation sites is 1. The summed E-state index contributed by atoms with van der Waals surface area (Å²) in [4.78, 5) is 2.47. The number of rotatable bonds is 4. The van der Waals surface area contributed by atoms with E-state index >= 15 is 0 Å². The number of hydrogen-bond donors (Lipinski definition) is 2. The molecule has 2 atom stereocenters. The van der Waals surface area contributed by atoms with Gasteiger partial charge in [0.25, 0.3) is 0 Å². The van der Waals surface area contributed by atoms with Gasteiger partial charge >= 0.3 is 0 Å². The molecule has 2 N–H and O–H groups in total. The van der Waals surface area contributed by atoms with Crippen LogP contribution in [0.4, 0.5) is 5.69 Å². The van der Waals surface area contributed by atoms with E-state index in [1.165, 1.54) is 22.4 Å². The fourth-order valence-corrected chi connectivity index (χ4v) is 4.07. The zero-order chi connectivity index (χ0) is 15.8. The number of benzene rings is 1. The number of nitrogens with one attached hydrogen (secondary N) is 1. The molecule has 4 rings (SSSR count). The van der Waals surface area contributed by atoms with Crippen LogP contribution >= 0.6 is 12.4 Å².